The van der Waals surface area contributed by atoms with Crippen LogP contribution in [0.5, 0.6) is 17.2 Å². The number of phenols is 1. The fraction of sp³-hybridized carbons (Fsp3) is 0.154. The summed E-state index contributed by atoms with van der Waals surface area (Å²) >= 11 is 0. The normalized spacial score (nSPS) is 19.0. The van der Waals surface area contributed by atoms with Gasteiger partial charge in [-0.05, 0) is 41.5 Å². The largest absolute Gasteiger partial charge is 0.508 e. The lowest BCUT2D eigenvalue weighted by Crippen LogP contribution is -2.29. The van der Waals surface area contributed by atoms with Gasteiger partial charge in [-0.2, -0.15) is 0 Å². The number of fused-ring (bicyclic) bond motifs is 1. The predicted octanol–water partition coefficient (Wildman–Crippen LogP) is 3.79. The van der Waals surface area contributed by atoms with Gasteiger partial charge in [0.1, 0.15) is 24.7 Å². The first-order valence-corrected chi connectivity index (χ1v) is 10.5. The molecule has 0 aliphatic carbocycles. The highest BCUT2D eigenvalue weighted by molar-refractivity contribution is 6.46. The van der Waals surface area contributed by atoms with E-state index in [1.807, 2.05) is 30.3 Å². The summed E-state index contributed by atoms with van der Waals surface area (Å²) in [5, 5.41) is 21.3. The minimum absolute atomic E-state index is 0.00266. The third-order valence-electron chi connectivity index (χ3n) is 5.74. The summed E-state index contributed by atoms with van der Waals surface area (Å²) in [7, 11) is 0. The van der Waals surface area contributed by atoms with Crippen molar-refractivity contribution in [1.82, 2.24) is 4.90 Å². The van der Waals surface area contributed by atoms with Crippen LogP contribution in [0.4, 0.5) is 0 Å². The van der Waals surface area contributed by atoms with E-state index in [1.54, 1.807) is 30.3 Å². The average Bonchev–Trinajstić information content (AvgIpc) is 3.09. The number of rotatable bonds is 4. The molecule has 0 radical (unpaired) electrons. The Morgan fingerprint density at radius 1 is 0.909 bits per heavy atom. The van der Waals surface area contributed by atoms with E-state index in [0.29, 0.717) is 35.8 Å². The first kappa shape index (κ1) is 20.6. The number of hydrogen-bond donors (Lipinski definition) is 2. The zero-order valence-corrected chi connectivity index (χ0v) is 17.6. The molecule has 0 aromatic heterocycles. The summed E-state index contributed by atoms with van der Waals surface area (Å²) in [5.74, 6) is -0.811. The molecule has 1 atom stereocenters. The van der Waals surface area contributed by atoms with Crippen molar-refractivity contribution in [3.63, 3.8) is 0 Å². The summed E-state index contributed by atoms with van der Waals surface area (Å²) in [6.45, 7) is 0.978. The number of benzene rings is 3. The van der Waals surface area contributed by atoms with Crippen LogP contribution in [-0.2, 0) is 16.1 Å². The van der Waals surface area contributed by atoms with E-state index < -0.39 is 17.7 Å². The van der Waals surface area contributed by atoms with Gasteiger partial charge in [-0.15, -0.1) is 0 Å². The molecule has 7 nitrogen and oxygen atoms in total. The van der Waals surface area contributed by atoms with Crippen LogP contribution in [0.25, 0.3) is 5.76 Å². The fourth-order valence-corrected chi connectivity index (χ4v) is 4.21. The first-order chi connectivity index (χ1) is 16.0. The second-order valence-corrected chi connectivity index (χ2v) is 7.87. The van der Waals surface area contributed by atoms with Crippen molar-refractivity contribution in [3.8, 4) is 17.2 Å². The Morgan fingerprint density at radius 2 is 1.67 bits per heavy atom. The molecule has 33 heavy (non-hydrogen) atoms. The van der Waals surface area contributed by atoms with Crippen LogP contribution in [0.2, 0.25) is 0 Å². The van der Waals surface area contributed by atoms with Crippen LogP contribution in [0.15, 0.2) is 78.4 Å². The Bertz CT molecular complexity index is 1270. The number of carbonyl (C=O) groups excluding carboxylic acids is 2. The molecule has 7 heteroatoms. The molecule has 2 aliphatic heterocycles. The minimum atomic E-state index is -0.870. The van der Waals surface area contributed by atoms with E-state index in [-0.39, 0.29) is 23.6 Å². The van der Waals surface area contributed by atoms with E-state index in [2.05, 4.69) is 0 Å². The summed E-state index contributed by atoms with van der Waals surface area (Å²) in [6, 6.07) is 19.6. The molecule has 2 N–H and O–H groups in total. The molecule has 1 amide bonds. The van der Waals surface area contributed by atoms with Crippen LogP contribution in [0, 0.1) is 0 Å². The molecule has 166 valence electrons. The lowest BCUT2D eigenvalue weighted by Gasteiger charge is -2.25. The lowest BCUT2D eigenvalue weighted by atomic mass is 9.95. The van der Waals surface area contributed by atoms with Crippen LogP contribution in [0.3, 0.4) is 0 Å². The Labute approximate surface area is 190 Å². The number of phenolic OH excluding ortho intramolecular Hbond substituents is 1. The van der Waals surface area contributed by atoms with Crippen molar-refractivity contribution in [2.24, 2.45) is 0 Å². The summed E-state index contributed by atoms with van der Waals surface area (Å²) in [6.07, 6.45) is 0. The molecular formula is C26H21NO6. The predicted molar refractivity (Wildman–Crippen MR) is 120 cm³/mol. The van der Waals surface area contributed by atoms with E-state index >= 15 is 0 Å². The number of aromatic hydroxyl groups is 1. The van der Waals surface area contributed by atoms with Crippen LogP contribution in [-0.4, -0.2) is 40.0 Å². The van der Waals surface area contributed by atoms with E-state index in [9.17, 15) is 19.8 Å². The van der Waals surface area contributed by atoms with Crippen molar-refractivity contribution in [2.45, 2.75) is 12.6 Å². The maximum atomic E-state index is 13.2. The number of carbonyl (C=O) groups is 2. The summed E-state index contributed by atoms with van der Waals surface area (Å²) < 4.78 is 11.1. The molecule has 0 bridgehead atoms. The number of Topliss-reactive ketones (excluding diaryl/α,β-unsaturated/α-hetero) is 1. The summed E-state index contributed by atoms with van der Waals surface area (Å²) in [5.41, 5.74) is 1.65. The van der Waals surface area contributed by atoms with Crippen molar-refractivity contribution < 1.29 is 29.3 Å². The second-order valence-electron chi connectivity index (χ2n) is 7.87. The number of aliphatic hydroxyl groups excluding tert-OH is 1. The number of ether oxygens (including phenoxy) is 2. The molecule has 5 rings (SSSR count). The number of hydrogen-bond acceptors (Lipinski definition) is 6. The van der Waals surface area contributed by atoms with Gasteiger partial charge < -0.3 is 24.6 Å². The van der Waals surface area contributed by atoms with Crippen molar-refractivity contribution in [3.05, 3.63) is 95.1 Å². The third kappa shape index (κ3) is 3.78. The topological polar surface area (TPSA) is 96.3 Å². The molecule has 0 unspecified atom stereocenters. The molecule has 1 fully saturated rings. The standard InChI is InChI=1S/C26H21NO6/c28-19-8-4-7-17(13-19)23-22(24(29)18-9-10-20-21(14-18)33-12-11-32-20)25(30)26(31)27(23)15-16-5-2-1-3-6-16/h1-10,13-14,23,28-29H,11-12,15H2/b24-22+/t23-/m1/s1. The minimum Gasteiger partial charge on any atom is -0.508 e. The second kappa shape index (κ2) is 8.35. The molecule has 3 aromatic carbocycles. The van der Waals surface area contributed by atoms with E-state index in [4.69, 9.17) is 9.47 Å². The zero-order valence-electron chi connectivity index (χ0n) is 17.6. The Balaban J connectivity index is 1.64. The monoisotopic (exact) mass is 443 g/mol. The highest BCUT2D eigenvalue weighted by atomic mass is 16.6. The van der Waals surface area contributed by atoms with Gasteiger partial charge in [-0.25, -0.2) is 0 Å². The first-order valence-electron chi connectivity index (χ1n) is 10.5. The number of nitrogens with zero attached hydrogens (tertiary/aromatic N) is 1. The third-order valence-corrected chi connectivity index (χ3v) is 5.74. The number of ketones is 1. The molecule has 3 aromatic rings. The Morgan fingerprint density at radius 3 is 2.42 bits per heavy atom. The van der Waals surface area contributed by atoms with E-state index in [0.717, 1.165) is 5.56 Å². The molecule has 1 saturated heterocycles. The summed E-state index contributed by atoms with van der Waals surface area (Å²) in [4.78, 5) is 27.6. The van der Waals surface area contributed by atoms with Gasteiger partial charge in [0, 0.05) is 12.1 Å². The van der Waals surface area contributed by atoms with Crippen LogP contribution >= 0.6 is 0 Å². The molecule has 2 heterocycles. The Hall–Kier alpha value is -4.26. The molecule has 2 aliphatic rings. The van der Waals surface area contributed by atoms with Crippen LogP contribution in [0.1, 0.15) is 22.7 Å². The van der Waals surface area contributed by atoms with Gasteiger partial charge in [0.15, 0.2) is 11.5 Å². The molecular weight excluding hydrogens is 422 g/mol. The smallest absolute Gasteiger partial charge is 0.295 e. The molecule has 0 spiro atoms. The average molecular weight is 443 g/mol. The van der Waals surface area contributed by atoms with Crippen LogP contribution < -0.4 is 9.47 Å². The Kier molecular flexibility index (Phi) is 5.22. The van der Waals surface area contributed by atoms with Gasteiger partial charge in [0.05, 0.1) is 11.6 Å². The van der Waals surface area contributed by atoms with Gasteiger partial charge in [-0.3, -0.25) is 9.59 Å². The SMILES string of the molecule is O=C1C(=O)N(Cc2ccccc2)[C@H](c2cccc(O)c2)/C1=C(\O)c1ccc2c(c1)OCCO2. The quantitative estimate of drug-likeness (QED) is 0.362. The lowest BCUT2D eigenvalue weighted by molar-refractivity contribution is -0.140. The van der Waals surface area contributed by atoms with Crippen molar-refractivity contribution in [2.75, 3.05) is 13.2 Å². The number of likely N-dealkylation sites (tertiary alicyclic amines) is 1. The van der Waals surface area contributed by atoms with Gasteiger partial charge in [0.25, 0.3) is 11.7 Å². The highest BCUT2D eigenvalue weighted by Gasteiger charge is 2.46. The van der Waals surface area contributed by atoms with Crippen molar-refractivity contribution in [1.29, 1.82) is 0 Å². The number of aliphatic hydroxyl groups is 1. The fourth-order valence-electron chi connectivity index (χ4n) is 4.21. The zero-order chi connectivity index (χ0) is 22.9. The van der Waals surface area contributed by atoms with Gasteiger partial charge in [0.2, 0.25) is 0 Å². The maximum Gasteiger partial charge on any atom is 0.295 e. The maximum absolute atomic E-state index is 13.2. The van der Waals surface area contributed by atoms with Crippen molar-refractivity contribution >= 4 is 17.4 Å². The van der Waals surface area contributed by atoms with Gasteiger partial charge >= 0.3 is 0 Å². The highest BCUT2D eigenvalue weighted by Crippen LogP contribution is 2.42. The van der Waals surface area contributed by atoms with Gasteiger partial charge in [-0.1, -0.05) is 42.5 Å². The van der Waals surface area contributed by atoms with E-state index in [1.165, 1.54) is 17.0 Å². The number of amides is 1. The molecule has 0 saturated carbocycles.